The van der Waals surface area contributed by atoms with Crippen molar-refractivity contribution >= 4 is 22.0 Å². The second-order valence-corrected chi connectivity index (χ2v) is 4.49. The molecule has 0 aliphatic heterocycles. The molecule has 0 N–H and O–H groups in total. The first-order chi connectivity index (χ1) is 6.79. The summed E-state index contributed by atoms with van der Waals surface area (Å²) in [4.78, 5) is 0. The molecule has 1 aliphatic carbocycles. The Morgan fingerprint density at radius 1 is 1.36 bits per heavy atom. The van der Waals surface area contributed by atoms with E-state index >= 15 is 0 Å². The molecule has 0 saturated heterocycles. The molecule has 0 amide bonds. The van der Waals surface area contributed by atoms with Gasteiger partial charge in [-0.25, -0.2) is 0 Å². The number of methoxy groups -OCH3 is 1. The van der Waals surface area contributed by atoms with Crippen LogP contribution in [0.5, 0.6) is 0 Å². The van der Waals surface area contributed by atoms with Gasteiger partial charge in [-0.05, 0) is 41.7 Å². The van der Waals surface area contributed by atoms with E-state index in [-0.39, 0.29) is 0 Å². The van der Waals surface area contributed by atoms with Gasteiger partial charge in [0, 0.05) is 11.6 Å². The summed E-state index contributed by atoms with van der Waals surface area (Å²) in [6.07, 6.45) is 4.50. The highest BCUT2D eigenvalue weighted by Gasteiger charge is 2.09. The van der Waals surface area contributed by atoms with Crippen LogP contribution in [-0.4, -0.2) is 13.7 Å². The summed E-state index contributed by atoms with van der Waals surface area (Å²) in [7, 11) is 1.75. The maximum atomic E-state index is 5.14. The number of aryl methyl sites for hydroxylation is 1. The number of benzene rings is 1. The van der Waals surface area contributed by atoms with Crippen LogP contribution in [0.2, 0.25) is 0 Å². The Kier molecular flexibility index (Phi) is 3.04. The van der Waals surface area contributed by atoms with Crippen LogP contribution in [0, 0.1) is 0 Å². The van der Waals surface area contributed by atoms with Gasteiger partial charge in [0.05, 0.1) is 6.61 Å². The summed E-state index contributed by atoms with van der Waals surface area (Å²) >= 11 is 3.49. The zero-order valence-electron chi connectivity index (χ0n) is 8.22. The summed E-state index contributed by atoms with van der Waals surface area (Å²) in [6.45, 7) is 0.759. The molecule has 1 aromatic rings. The third kappa shape index (κ3) is 2.07. The van der Waals surface area contributed by atoms with Crippen LogP contribution in [-0.2, 0) is 11.2 Å². The molecule has 0 aromatic heterocycles. The van der Waals surface area contributed by atoms with Gasteiger partial charge >= 0.3 is 0 Å². The number of rotatable bonds is 2. The monoisotopic (exact) mass is 252 g/mol. The molecule has 1 aliphatic rings. The van der Waals surface area contributed by atoms with Crippen LogP contribution >= 0.6 is 15.9 Å². The fourth-order valence-corrected chi connectivity index (χ4v) is 2.23. The first kappa shape index (κ1) is 9.94. The highest BCUT2D eigenvalue weighted by atomic mass is 79.9. The molecular weight excluding hydrogens is 240 g/mol. The van der Waals surface area contributed by atoms with Crippen molar-refractivity contribution in [2.75, 3.05) is 13.7 Å². The topological polar surface area (TPSA) is 9.23 Å². The molecule has 2 heteroatoms. The van der Waals surface area contributed by atoms with Gasteiger partial charge in [0.25, 0.3) is 0 Å². The van der Waals surface area contributed by atoms with Crippen LogP contribution < -0.4 is 0 Å². The van der Waals surface area contributed by atoms with Gasteiger partial charge < -0.3 is 4.74 Å². The Hall–Kier alpha value is -0.600. The van der Waals surface area contributed by atoms with Crippen LogP contribution in [0.15, 0.2) is 28.2 Å². The minimum Gasteiger partial charge on any atom is -0.380 e. The predicted molar refractivity (Wildman–Crippen MR) is 62.3 cm³/mol. The molecule has 0 saturated carbocycles. The lowest BCUT2D eigenvalue weighted by molar-refractivity contribution is 0.223. The van der Waals surface area contributed by atoms with E-state index in [1.54, 1.807) is 7.11 Å². The summed E-state index contributed by atoms with van der Waals surface area (Å²) in [5, 5.41) is 0. The van der Waals surface area contributed by atoms with E-state index in [0.717, 1.165) is 19.4 Å². The van der Waals surface area contributed by atoms with Crippen LogP contribution in [0.3, 0.4) is 0 Å². The number of halogens is 1. The minimum absolute atomic E-state index is 0.759. The highest BCUT2D eigenvalue weighted by molar-refractivity contribution is 9.10. The Balaban J connectivity index is 2.30. The van der Waals surface area contributed by atoms with Crippen molar-refractivity contribution in [1.82, 2.24) is 0 Å². The minimum atomic E-state index is 0.759. The van der Waals surface area contributed by atoms with E-state index in [1.165, 1.54) is 21.2 Å². The third-order valence-electron chi connectivity index (χ3n) is 2.51. The van der Waals surface area contributed by atoms with E-state index < -0.39 is 0 Å². The number of hydrogen-bond donors (Lipinski definition) is 0. The fraction of sp³-hybridized carbons (Fsp3) is 0.333. The molecule has 0 radical (unpaired) electrons. The number of fused-ring (bicyclic) bond motifs is 1. The van der Waals surface area contributed by atoms with Crippen molar-refractivity contribution in [2.24, 2.45) is 0 Å². The van der Waals surface area contributed by atoms with Crippen LogP contribution in [0.25, 0.3) is 6.08 Å². The van der Waals surface area contributed by atoms with Crippen LogP contribution in [0.4, 0.5) is 0 Å². The Morgan fingerprint density at radius 3 is 3.00 bits per heavy atom. The molecule has 14 heavy (non-hydrogen) atoms. The molecule has 74 valence electrons. The second kappa shape index (κ2) is 4.28. The van der Waals surface area contributed by atoms with Crippen molar-refractivity contribution < 1.29 is 4.74 Å². The van der Waals surface area contributed by atoms with E-state index in [0.29, 0.717) is 0 Å². The van der Waals surface area contributed by atoms with Gasteiger partial charge in [0.1, 0.15) is 0 Å². The summed E-state index contributed by atoms with van der Waals surface area (Å²) < 4.78 is 6.31. The smallest absolute Gasteiger partial charge is 0.0676 e. The number of ether oxygens (including phenoxy) is 1. The standard InChI is InChI=1S/C12H13BrO/c1-14-8-9-2-3-11-7-12(13)5-4-10(11)6-9/h4-7H,2-3,8H2,1H3. The lowest BCUT2D eigenvalue weighted by Crippen LogP contribution is -2.03. The normalized spacial score (nSPS) is 14.9. The van der Waals surface area contributed by atoms with Gasteiger partial charge in [0.15, 0.2) is 0 Å². The van der Waals surface area contributed by atoms with Crippen molar-refractivity contribution in [3.05, 3.63) is 39.4 Å². The van der Waals surface area contributed by atoms with Crippen molar-refractivity contribution in [2.45, 2.75) is 12.8 Å². The zero-order chi connectivity index (χ0) is 9.97. The van der Waals surface area contributed by atoms with Crippen molar-refractivity contribution in [3.8, 4) is 0 Å². The maximum Gasteiger partial charge on any atom is 0.0676 e. The van der Waals surface area contributed by atoms with E-state index in [1.807, 2.05) is 0 Å². The first-order valence-corrected chi connectivity index (χ1v) is 5.55. The first-order valence-electron chi connectivity index (χ1n) is 4.76. The molecule has 0 unspecified atom stereocenters. The van der Waals surface area contributed by atoms with E-state index in [2.05, 4.69) is 40.2 Å². The van der Waals surface area contributed by atoms with Gasteiger partial charge in [-0.1, -0.05) is 28.1 Å². The lowest BCUT2D eigenvalue weighted by Gasteiger charge is -2.16. The SMILES string of the molecule is COCC1=Cc2ccc(Br)cc2CC1. The molecule has 0 atom stereocenters. The molecule has 1 aromatic carbocycles. The van der Waals surface area contributed by atoms with Crippen molar-refractivity contribution in [1.29, 1.82) is 0 Å². The predicted octanol–water partition coefficient (Wildman–Crippen LogP) is 3.43. The second-order valence-electron chi connectivity index (χ2n) is 3.58. The van der Waals surface area contributed by atoms with Gasteiger partial charge in [0.2, 0.25) is 0 Å². The summed E-state index contributed by atoms with van der Waals surface area (Å²) in [5.74, 6) is 0. The lowest BCUT2D eigenvalue weighted by atomic mass is 9.93. The molecule has 0 heterocycles. The van der Waals surface area contributed by atoms with Gasteiger partial charge in [-0.2, -0.15) is 0 Å². The van der Waals surface area contributed by atoms with E-state index in [4.69, 9.17) is 4.74 Å². The Morgan fingerprint density at radius 2 is 2.21 bits per heavy atom. The summed E-state index contributed by atoms with van der Waals surface area (Å²) in [6, 6.07) is 6.45. The molecule has 1 nitrogen and oxygen atoms in total. The van der Waals surface area contributed by atoms with Crippen LogP contribution in [0.1, 0.15) is 17.5 Å². The fourth-order valence-electron chi connectivity index (χ4n) is 1.82. The molecule has 0 bridgehead atoms. The number of hydrogen-bond acceptors (Lipinski definition) is 1. The summed E-state index contributed by atoms with van der Waals surface area (Å²) in [5.41, 5.74) is 4.16. The largest absolute Gasteiger partial charge is 0.380 e. The van der Waals surface area contributed by atoms with Gasteiger partial charge in [-0.3, -0.25) is 0 Å². The highest BCUT2D eigenvalue weighted by Crippen LogP contribution is 2.26. The molecule has 2 rings (SSSR count). The quantitative estimate of drug-likeness (QED) is 0.784. The Bertz CT molecular complexity index is 369. The van der Waals surface area contributed by atoms with E-state index in [9.17, 15) is 0 Å². The molecule has 0 fully saturated rings. The maximum absolute atomic E-state index is 5.14. The van der Waals surface area contributed by atoms with Crippen molar-refractivity contribution in [3.63, 3.8) is 0 Å². The average Bonchev–Trinajstić information content (AvgIpc) is 2.19. The molecule has 0 spiro atoms. The van der Waals surface area contributed by atoms with Gasteiger partial charge in [-0.15, -0.1) is 0 Å². The third-order valence-corrected chi connectivity index (χ3v) is 3.00. The average molecular weight is 253 g/mol. The zero-order valence-corrected chi connectivity index (χ0v) is 9.80. The molecular formula is C12H13BrO. The Labute approximate surface area is 92.9 Å².